The number of aliphatic imine (C=N–C) groups is 1. The lowest BCUT2D eigenvalue weighted by molar-refractivity contribution is 0.169. The zero-order chi connectivity index (χ0) is 18.7. The van der Waals surface area contributed by atoms with Crippen molar-refractivity contribution >= 4 is 21.9 Å². The number of rotatable bonds is 10. The maximum Gasteiger partial charge on any atom is 0.191 e. The third-order valence-corrected chi connectivity index (χ3v) is 5.26. The molecule has 1 aromatic rings. The topological polar surface area (TPSA) is 65.9 Å². The molecule has 0 saturated carbocycles. The van der Waals surface area contributed by atoms with Crippen molar-refractivity contribution in [3.05, 3.63) is 28.2 Å². The van der Waals surface area contributed by atoms with Crippen molar-refractivity contribution in [2.24, 2.45) is 10.4 Å². The number of aliphatic hydroxyl groups is 1. The number of aliphatic hydroxyl groups excluding tert-OH is 1. The number of guanidine groups is 1. The molecule has 0 spiro atoms. The summed E-state index contributed by atoms with van der Waals surface area (Å²) < 4.78 is 6.42. The second-order valence-corrected chi connectivity index (χ2v) is 7.10. The van der Waals surface area contributed by atoms with E-state index in [1.807, 2.05) is 18.2 Å². The van der Waals surface area contributed by atoms with Crippen LogP contribution in [0.5, 0.6) is 5.75 Å². The number of halogens is 1. The fourth-order valence-corrected chi connectivity index (χ4v) is 3.24. The van der Waals surface area contributed by atoms with E-state index in [-0.39, 0.29) is 12.0 Å². The first kappa shape index (κ1) is 21.8. The fourth-order valence-electron chi connectivity index (χ4n) is 2.83. The first-order valence-electron chi connectivity index (χ1n) is 8.99. The number of methoxy groups -OCH3 is 1. The Morgan fingerprint density at radius 1 is 1.24 bits per heavy atom. The molecule has 0 atom stereocenters. The van der Waals surface area contributed by atoms with Gasteiger partial charge in [-0.15, -0.1) is 0 Å². The van der Waals surface area contributed by atoms with Crippen LogP contribution in [0, 0.1) is 5.41 Å². The highest BCUT2D eigenvalue weighted by Crippen LogP contribution is 2.29. The summed E-state index contributed by atoms with van der Waals surface area (Å²) in [4.78, 5) is 4.70. The standard InChI is InChI=1S/C19H32BrN3O2/c1-5-19(6-2,10-11-24)14-23-18(21-7-3)22-13-15-12-16(20)8-9-17(15)25-4/h8-9,12,24H,5-7,10-11,13-14H2,1-4H3,(H2,21,22,23). The summed E-state index contributed by atoms with van der Waals surface area (Å²) in [6.07, 6.45) is 2.84. The third-order valence-electron chi connectivity index (χ3n) is 4.77. The van der Waals surface area contributed by atoms with Crippen LogP contribution in [0.4, 0.5) is 0 Å². The molecule has 5 nitrogen and oxygen atoms in total. The van der Waals surface area contributed by atoms with Gasteiger partial charge >= 0.3 is 0 Å². The van der Waals surface area contributed by atoms with Crippen LogP contribution in [-0.2, 0) is 6.54 Å². The van der Waals surface area contributed by atoms with Gasteiger partial charge in [0.25, 0.3) is 0 Å². The monoisotopic (exact) mass is 413 g/mol. The average molecular weight is 414 g/mol. The summed E-state index contributed by atoms with van der Waals surface area (Å²) >= 11 is 3.50. The second-order valence-electron chi connectivity index (χ2n) is 6.19. The van der Waals surface area contributed by atoms with Crippen LogP contribution in [-0.4, -0.2) is 37.9 Å². The maximum atomic E-state index is 9.38. The van der Waals surface area contributed by atoms with E-state index < -0.39 is 0 Å². The van der Waals surface area contributed by atoms with E-state index in [9.17, 15) is 5.11 Å². The summed E-state index contributed by atoms with van der Waals surface area (Å²) in [5.41, 5.74) is 1.12. The fraction of sp³-hybridized carbons (Fsp3) is 0.632. The SMILES string of the molecule is CCNC(=NCc1cc(Br)ccc1OC)NCC(CC)(CC)CCO. The molecule has 0 aliphatic heterocycles. The molecule has 0 amide bonds. The van der Waals surface area contributed by atoms with Gasteiger partial charge in [0, 0.05) is 29.7 Å². The lowest BCUT2D eigenvalue weighted by Gasteiger charge is -2.32. The molecule has 0 radical (unpaired) electrons. The van der Waals surface area contributed by atoms with Gasteiger partial charge in [-0.25, -0.2) is 4.99 Å². The van der Waals surface area contributed by atoms with Crippen LogP contribution in [0.3, 0.4) is 0 Å². The molecule has 0 heterocycles. The molecule has 0 aromatic heterocycles. The predicted molar refractivity (Wildman–Crippen MR) is 108 cm³/mol. The van der Waals surface area contributed by atoms with Gasteiger partial charge in [-0.3, -0.25) is 0 Å². The summed E-state index contributed by atoms with van der Waals surface area (Å²) in [6, 6.07) is 5.93. The lowest BCUT2D eigenvalue weighted by Crippen LogP contribution is -2.43. The van der Waals surface area contributed by atoms with Gasteiger partial charge in [0.1, 0.15) is 5.75 Å². The Kier molecular flexibility index (Phi) is 9.90. The number of nitrogens with one attached hydrogen (secondary N) is 2. The van der Waals surface area contributed by atoms with Crippen molar-refractivity contribution < 1.29 is 9.84 Å². The van der Waals surface area contributed by atoms with Gasteiger partial charge < -0.3 is 20.5 Å². The van der Waals surface area contributed by atoms with E-state index in [0.717, 1.165) is 54.1 Å². The van der Waals surface area contributed by atoms with Crippen molar-refractivity contribution in [3.63, 3.8) is 0 Å². The summed E-state index contributed by atoms with van der Waals surface area (Å²) in [5.74, 6) is 1.62. The van der Waals surface area contributed by atoms with Gasteiger partial charge in [0.15, 0.2) is 5.96 Å². The van der Waals surface area contributed by atoms with Crippen LogP contribution in [0.1, 0.15) is 45.6 Å². The molecular formula is C19H32BrN3O2. The zero-order valence-electron chi connectivity index (χ0n) is 15.9. The van der Waals surface area contributed by atoms with Crippen molar-refractivity contribution in [1.82, 2.24) is 10.6 Å². The Hall–Kier alpha value is -1.27. The molecule has 142 valence electrons. The molecule has 0 aliphatic rings. The normalized spacial score (nSPS) is 12.2. The van der Waals surface area contributed by atoms with Gasteiger partial charge in [0.05, 0.1) is 13.7 Å². The minimum Gasteiger partial charge on any atom is -0.496 e. The highest BCUT2D eigenvalue weighted by atomic mass is 79.9. The molecule has 3 N–H and O–H groups in total. The molecule has 0 bridgehead atoms. The van der Waals surface area contributed by atoms with E-state index >= 15 is 0 Å². The number of ether oxygens (including phenoxy) is 1. The van der Waals surface area contributed by atoms with Gasteiger partial charge in [-0.05, 0) is 49.8 Å². The van der Waals surface area contributed by atoms with Crippen LogP contribution < -0.4 is 15.4 Å². The Labute approximate surface area is 160 Å². The number of hydrogen-bond donors (Lipinski definition) is 3. The quantitative estimate of drug-likeness (QED) is 0.404. The van der Waals surface area contributed by atoms with Crippen molar-refractivity contribution in [1.29, 1.82) is 0 Å². The van der Waals surface area contributed by atoms with Crippen molar-refractivity contribution in [2.75, 3.05) is 26.8 Å². The van der Waals surface area contributed by atoms with Crippen molar-refractivity contribution in [3.8, 4) is 5.75 Å². The van der Waals surface area contributed by atoms with E-state index in [2.05, 4.69) is 47.3 Å². The summed E-state index contributed by atoms with van der Waals surface area (Å²) in [5, 5.41) is 16.1. The van der Waals surface area contributed by atoms with E-state index in [0.29, 0.717) is 6.54 Å². The highest BCUT2D eigenvalue weighted by molar-refractivity contribution is 9.10. The largest absolute Gasteiger partial charge is 0.496 e. The smallest absolute Gasteiger partial charge is 0.191 e. The Bertz CT molecular complexity index is 545. The first-order valence-corrected chi connectivity index (χ1v) is 9.78. The minimum atomic E-state index is 0.0956. The Balaban J connectivity index is 2.85. The van der Waals surface area contributed by atoms with Gasteiger partial charge in [0.2, 0.25) is 0 Å². The summed E-state index contributed by atoms with van der Waals surface area (Å²) in [6.45, 7) is 8.75. The average Bonchev–Trinajstić information content (AvgIpc) is 2.63. The predicted octanol–water partition coefficient (Wildman–Crippen LogP) is 3.70. The molecule has 0 aliphatic carbocycles. The molecule has 6 heteroatoms. The lowest BCUT2D eigenvalue weighted by atomic mass is 9.79. The van der Waals surface area contributed by atoms with E-state index in [1.165, 1.54) is 0 Å². The van der Waals surface area contributed by atoms with Gasteiger partial charge in [-0.2, -0.15) is 0 Å². The third kappa shape index (κ3) is 6.86. The van der Waals surface area contributed by atoms with Gasteiger partial charge in [-0.1, -0.05) is 29.8 Å². The molecular weight excluding hydrogens is 382 g/mol. The Morgan fingerprint density at radius 3 is 2.52 bits per heavy atom. The molecule has 0 fully saturated rings. The number of benzene rings is 1. The van der Waals surface area contributed by atoms with Crippen molar-refractivity contribution in [2.45, 2.75) is 46.6 Å². The first-order chi connectivity index (χ1) is 12.0. The van der Waals surface area contributed by atoms with Crippen LogP contribution >= 0.6 is 15.9 Å². The Morgan fingerprint density at radius 2 is 1.96 bits per heavy atom. The summed E-state index contributed by atoms with van der Waals surface area (Å²) in [7, 11) is 1.67. The second kappa shape index (κ2) is 11.4. The minimum absolute atomic E-state index is 0.0956. The zero-order valence-corrected chi connectivity index (χ0v) is 17.4. The highest BCUT2D eigenvalue weighted by Gasteiger charge is 2.25. The number of nitrogens with zero attached hydrogens (tertiary/aromatic N) is 1. The van der Waals surface area contributed by atoms with Crippen LogP contribution in [0.15, 0.2) is 27.7 Å². The molecule has 1 rings (SSSR count). The van der Waals surface area contributed by atoms with E-state index in [4.69, 9.17) is 9.73 Å². The molecule has 0 unspecified atom stereocenters. The molecule has 1 aromatic carbocycles. The molecule has 0 saturated heterocycles. The van der Waals surface area contributed by atoms with Crippen LogP contribution in [0.25, 0.3) is 0 Å². The maximum absolute atomic E-state index is 9.38. The molecule has 25 heavy (non-hydrogen) atoms. The van der Waals surface area contributed by atoms with Crippen LogP contribution in [0.2, 0.25) is 0 Å². The van der Waals surface area contributed by atoms with E-state index in [1.54, 1.807) is 7.11 Å². The number of hydrogen-bond acceptors (Lipinski definition) is 3.